The van der Waals surface area contributed by atoms with Gasteiger partial charge in [0.05, 0.1) is 23.0 Å². The number of carbonyl (C=O) groups excluding carboxylic acids is 4. The lowest BCUT2D eigenvalue weighted by Gasteiger charge is -2.11. The number of thioether (sulfide) groups is 1. The van der Waals surface area contributed by atoms with E-state index in [4.69, 9.17) is 4.74 Å². The number of Topliss-reactive ketones (excluding diaryl/α,β-unsaturated/α-hetero) is 1. The van der Waals surface area contributed by atoms with Crippen LogP contribution in [0.5, 0.6) is 5.75 Å². The van der Waals surface area contributed by atoms with Gasteiger partial charge in [0.1, 0.15) is 5.75 Å². The van der Waals surface area contributed by atoms with Crippen molar-refractivity contribution in [2.45, 2.75) is 0 Å². The molecule has 0 bridgehead atoms. The third-order valence-electron chi connectivity index (χ3n) is 4.10. The standard InChI is InChI=1S/C21H16BrNO6S/c1-28-19(25)12-29-17-8-7-13(9-15(17)22)10-18-20(26)23(21(27)30-18)11-16(24)14-5-3-2-4-6-14/h2-10H,11-12H2,1H3/b18-10+. The Bertz CT molecular complexity index is 1040. The van der Waals surface area contributed by atoms with Crippen LogP contribution in [0.3, 0.4) is 0 Å². The summed E-state index contributed by atoms with van der Waals surface area (Å²) in [6, 6.07) is 13.5. The molecule has 30 heavy (non-hydrogen) atoms. The van der Waals surface area contributed by atoms with Crippen LogP contribution in [-0.4, -0.2) is 48.1 Å². The first-order valence-electron chi connectivity index (χ1n) is 8.72. The van der Waals surface area contributed by atoms with Crippen LogP contribution < -0.4 is 4.74 Å². The summed E-state index contributed by atoms with van der Waals surface area (Å²) < 4.78 is 10.4. The molecule has 1 saturated heterocycles. The summed E-state index contributed by atoms with van der Waals surface area (Å²) in [5, 5.41) is -0.493. The summed E-state index contributed by atoms with van der Waals surface area (Å²) in [7, 11) is 1.27. The summed E-state index contributed by atoms with van der Waals surface area (Å²) in [6.07, 6.45) is 1.56. The third-order valence-corrected chi connectivity index (χ3v) is 5.63. The zero-order valence-electron chi connectivity index (χ0n) is 15.8. The predicted molar refractivity (Wildman–Crippen MR) is 115 cm³/mol. The van der Waals surface area contributed by atoms with Crippen molar-refractivity contribution in [1.82, 2.24) is 4.90 Å². The Balaban J connectivity index is 1.71. The molecule has 7 nitrogen and oxygen atoms in total. The van der Waals surface area contributed by atoms with Crippen LogP contribution in [0.1, 0.15) is 15.9 Å². The van der Waals surface area contributed by atoms with E-state index in [0.717, 1.165) is 16.7 Å². The number of methoxy groups -OCH3 is 1. The summed E-state index contributed by atoms with van der Waals surface area (Å²) in [4.78, 5) is 49.6. The Labute approximate surface area is 185 Å². The number of amides is 2. The average Bonchev–Trinajstić information content (AvgIpc) is 3.00. The molecule has 0 unspecified atom stereocenters. The van der Waals surface area contributed by atoms with Crippen molar-refractivity contribution in [2.75, 3.05) is 20.3 Å². The predicted octanol–water partition coefficient (Wildman–Crippen LogP) is 3.92. The Hall–Kier alpha value is -2.91. The first kappa shape index (κ1) is 21.8. The molecule has 2 amide bonds. The summed E-state index contributed by atoms with van der Waals surface area (Å²) in [6.45, 7) is -0.543. The normalized spacial score (nSPS) is 14.9. The number of ether oxygens (including phenoxy) is 2. The van der Waals surface area contributed by atoms with Crippen LogP contribution in [0.25, 0.3) is 6.08 Å². The van der Waals surface area contributed by atoms with Crippen molar-refractivity contribution in [2.24, 2.45) is 0 Å². The number of rotatable bonds is 7. The number of ketones is 1. The van der Waals surface area contributed by atoms with Crippen LogP contribution in [0.15, 0.2) is 57.9 Å². The molecule has 0 aromatic heterocycles. The number of imide groups is 1. The van der Waals surface area contributed by atoms with Crippen LogP contribution >= 0.6 is 27.7 Å². The summed E-state index contributed by atoms with van der Waals surface area (Å²) >= 11 is 4.13. The van der Waals surface area contributed by atoms with Crippen molar-refractivity contribution in [3.8, 4) is 5.75 Å². The molecule has 0 spiro atoms. The van der Waals surface area contributed by atoms with Gasteiger partial charge >= 0.3 is 5.97 Å². The molecule has 1 fully saturated rings. The molecule has 9 heteroatoms. The first-order valence-corrected chi connectivity index (χ1v) is 10.3. The van der Waals surface area contributed by atoms with Crippen LogP contribution in [0, 0.1) is 0 Å². The maximum absolute atomic E-state index is 12.6. The first-order chi connectivity index (χ1) is 14.4. The van der Waals surface area contributed by atoms with Crippen molar-refractivity contribution >= 4 is 56.7 Å². The molecule has 0 aliphatic carbocycles. The zero-order valence-corrected chi connectivity index (χ0v) is 18.2. The van der Waals surface area contributed by atoms with E-state index in [-0.39, 0.29) is 23.8 Å². The van der Waals surface area contributed by atoms with E-state index in [1.807, 2.05) is 0 Å². The fraction of sp³-hybridized carbons (Fsp3) is 0.143. The molecule has 1 aliphatic heterocycles. The third kappa shape index (κ3) is 5.17. The van der Waals surface area contributed by atoms with Gasteiger partial charge in [-0.2, -0.15) is 0 Å². The minimum atomic E-state index is -0.517. The quantitative estimate of drug-likeness (QED) is 0.330. The number of halogens is 1. The number of hydrogen-bond acceptors (Lipinski definition) is 7. The molecule has 0 saturated carbocycles. The molecule has 2 aromatic rings. The van der Waals surface area contributed by atoms with Crippen molar-refractivity contribution in [3.05, 3.63) is 69.0 Å². The van der Waals surface area contributed by atoms with Crippen LogP contribution in [0.2, 0.25) is 0 Å². The van der Waals surface area contributed by atoms with Crippen LogP contribution in [-0.2, 0) is 14.3 Å². The minimum Gasteiger partial charge on any atom is -0.481 e. The fourth-order valence-corrected chi connectivity index (χ4v) is 3.92. The van der Waals surface area contributed by atoms with Gasteiger partial charge in [-0.1, -0.05) is 36.4 Å². The van der Waals surface area contributed by atoms with E-state index in [0.29, 0.717) is 21.3 Å². The Kier molecular flexibility index (Phi) is 7.07. The van der Waals surface area contributed by atoms with Gasteiger partial charge in [-0.3, -0.25) is 19.3 Å². The summed E-state index contributed by atoms with van der Waals surface area (Å²) in [5.74, 6) is -0.908. The largest absolute Gasteiger partial charge is 0.481 e. The highest BCUT2D eigenvalue weighted by molar-refractivity contribution is 9.10. The molecule has 0 radical (unpaired) electrons. The minimum absolute atomic E-state index is 0.219. The lowest BCUT2D eigenvalue weighted by Crippen LogP contribution is -2.33. The lowest BCUT2D eigenvalue weighted by molar-refractivity contribution is -0.142. The molecular weight excluding hydrogens is 474 g/mol. The second kappa shape index (κ2) is 9.73. The number of esters is 1. The maximum atomic E-state index is 12.6. The smallest absolute Gasteiger partial charge is 0.343 e. The number of benzene rings is 2. The second-order valence-corrected chi connectivity index (χ2v) is 7.96. The molecule has 3 rings (SSSR count). The Morgan fingerprint density at radius 1 is 1.13 bits per heavy atom. The molecule has 1 aliphatic rings. The van der Waals surface area contributed by atoms with Gasteiger partial charge in [-0.15, -0.1) is 0 Å². The van der Waals surface area contributed by atoms with Gasteiger partial charge in [0.2, 0.25) is 0 Å². The molecule has 1 heterocycles. The van der Waals surface area contributed by atoms with Gasteiger partial charge < -0.3 is 9.47 Å². The van der Waals surface area contributed by atoms with Gasteiger partial charge in [-0.25, -0.2) is 4.79 Å². The maximum Gasteiger partial charge on any atom is 0.343 e. The van der Waals surface area contributed by atoms with Gasteiger partial charge in [0.25, 0.3) is 11.1 Å². The van der Waals surface area contributed by atoms with Crippen molar-refractivity contribution in [1.29, 1.82) is 0 Å². The SMILES string of the molecule is COC(=O)COc1ccc(/C=C2/SC(=O)N(CC(=O)c3ccccc3)C2=O)cc1Br. The van der Waals surface area contributed by atoms with E-state index >= 15 is 0 Å². The van der Waals surface area contributed by atoms with E-state index < -0.39 is 17.1 Å². The zero-order chi connectivity index (χ0) is 21.7. The molecule has 0 atom stereocenters. The average molecular weight is 490 g/mol. The number of nitrogens with zero attached hydrogens (tertiary/aromatic N) is 1. The van der Waals surface area contributed by atoms with Gasteiger partial charge in [-0.05, 0) is 51.5 Å². The molecular formula is C21H16BrNO6S. The molecule has 2 aromatic carbocycles. The Morgan fingerprint density at radius 2 is 1.87 bits per heavy atom. The second-order valence-electron chi connectivity index (χ2n) is 6.11. The summed E-state index contributed by atoms with van der Waals surface area (Å²) in [5.41, 5.74) is 1.08. The Morgan fingerprint density at radius 3 is 2.53 bits per heavy atom. The van der Waals surface area contributed by atoms with E-state index in [2.05, 4.69) is 20.7 Å². The van der Waals surface area contributed by atoms with Crippen LogP contribution in [0.4, 0.5) is 4.79 Å². The highest BCUT2D eigenvalue weighted by Gasteiger charge is 2.36. The number of hydrogen-bond donors (Lipinski definition) is 0. The highest BCUT2D eigenvalue weighted by Crippen LogP contribution is 2.34. The van der Waals surface area contributed by atoms with E-state index in [9.17, 15) is 19.2 Å². The van der Waals surface area contributed by atoms with Gasteiger partial charge in [0.15, 0.2) is 12.4 Å². The number of carbonyl (C=O) groups is 4. The highest BCUT2D eigenvalue weighted by atomic mass is 79.9. The topological polar surface area (TPSA) is 90.0 Å². The lowest BCUT2D eigenvalue weighted by atomic mass is 10.1. The van der Waals surface area contributed by atoms with E-state index in [1.54, 1.807) is 54.6 Å². The monoisotopic (exact) mass is 489 g/mol. The van der Waals surface area contributed by atoms with Gasteiger partial charge in [0, 0.05) is 5.56 Å². The van der Waals surface area contributed by atoms with E-state index in [1.165, 1.54) is 7.11 Å². The fourth-order valence-electron chi connectivity index (χ4n) is 2.57. The van der Waals surface area contributed by atoms with Crippen molar-refractivity contribution < 1.29 is 28.7 Å². The van der Waals surface area contributed by atoms with Crippen molar-refractivity contribution in [3.63, 3.8) is 0 Å². The molecule has 154 valence electrons. The molecule has 0 N–H and O–H groups in total.